The number of allylic oxidation sites excluding steroid dienone is 1. The second-order valence-corrected chi connectivity index (χ2v) is 24.0. The molecule has 0 aliphatic carbocycles. The van der Waals surface area contributed by atoms with Gasteiger partial charge in [0.15, 0.2) is 0 Å². The maximum atomic E-state index is 7.04. The largest absolute Gasteiger partial charge is 0.509 e. The quantitative estimate of drug-likeness (QED) is 0.128. The molecule has 5 nitrogen and oxygen atoms in total. The summed E-state index contributed by atoms with van der Waals surface area (Å²) in [5, 5.41) is 2.25. The standard InChI is InChI=1S/C68H69N4O.Pt/c1-64(2,3)50-29-32-60-59(40-50)58-31-30-56(43-61(58)72(60)63-41-51(33-34-69-63)65(4,5)6)73-57-36-47(46-23-17-14-18-24-46)35-55(42-57)71-45-70(44-62(71)68(12,13)49-27-21-16-22-28-49)54-38-52(66(7,8)9)37-53(39-54)67(10,11)48-25-19-15-20-26-48;/h14-41,44-45H,1-13H3;/q-3;. The van der Waals surface area contributed by atoms with Crippen LogP contribution in [-0.2, 0) is 48.1 Å². The van der Waals surface area contributed by atoms with E-state index in [2.05, 4.69) is 287 Å². The first-order chi connectivity index (χ1) is 34.6. The first-order valence-electron chi connectivity index (χ1n) is 25.8. The van der Waals surface area contributed by atoms with Crippen LogP contribution in [0, 0.1) is 18.8 Å². The maximum absolute atomic E-state index is 7.04. The third kappa shape index (κ3) is 10.1. The van der Waals surface area contributed by atoms with E-state index in [-0.39, 0.29) is 42.7 Å². The number of rotatable bonds is 10. The van der Waals surface area contributed by atoms with Gasteiger partial charge in [-0.05, 0) is 97.1 Å². The van der Waals surface area contributed by atoms with E-state index >= 15 is 0 Å². The number of ether oxygens (including phenoxy) is 1. The fourth-order valence-electron chi connectivity index (χ4n) is 10.1. The molecule has 0 atom stereocenters. The summed E-state index contributed by atoms with van der Waals surface area (Å²) in [4.78, 5) is 9.60. The van der Waals surface area contributed by atoms with Crippen LogP contribution in [0.3, 0.4) is 0 Å². The molecule has 0 saturated heterocycles. The molecule has 0 N–H and O–H groups in total. The van der Waals surface area contributed by atoms with Gasteiger partial charge in [-0.1, -0.05) is 205 Å². The van der Waals surface area contributed by atoms with Crippen LogP contribution in [-0.4, -0.2) is 9.55 Å². The molecule has 0 amide bonds. The minimum absolute atomic E-state index is 0. The average molecular weight is 1150 g/mol. The van der Waals surface area contributed by atoms with Gasteiger partial charge >= 0.3 is 0 Å². The van der Waals surface area contributed by atoms with E-state index in [1.807, 2.05) is 12.3 Å². The second kappa shape index (κ2) is 19.5. The predicted molar refractivity (Wildman–Crippen MR) is 306 cm³/mol. The Hall–Kier alpha value is -6.68. The van der Waals surface area contributed by atoms with Gasteiger partial charge in [0.25, 0.3) is 0 Å². The summed E-state index contributed by atoms with van der Waals surface area (Å²) >= 11 is 0. The Balaban J connectivity index is 0.00000672. The summed E-state index contributed by atoms with van der Waals surface area (Å²) in [6.07, 6.45) is 4.24. The van der Waals surface area contributed by atoms with Crippen molar-refractivity contribution in [1.29, 1.82) is 0 Å². The zero-order valence-corrected chi connectivity index (χ0v) is 47.6. The van der Waals surface area contributed by atoms with Crippen LogP contribution >= 0.6 is 0 Å². The van der Waals surface area contributed by atoms with E-state index in [1.54, 1.807) is 0 Å². The molecule has 0 spiro atoms. The smallest absolute Gasteiger partial charge is 0.135 e. The third-order valence-electron chi connectivity index (χ3n) is 15.0. The van der Waals surface area contributed by atoms with E-state index in [4.69, 9.17) is 9.72 Å². The van der Waals surface area contributed by atoms with E-state index in [9.17, 15) is 0 Å². The van der Waals surface area contributed by atoms with Gasteiger partial charge in [-0.25, -0.2) is 4.98 Å². The van der Waals surface area contributed by atoms with Crippen LogP contribution in [0.15, 0.2) is 182 Å². The van der Waals surface area contributed by atoms with Gasteiger partial charge in [0.1, 0.15) is 5.82 Å². The van der Waals surface area contributed by atoms with Crippen LogP contribution in [0.2, 0.25) is 0 Å². The molecule has 10 rings (SSSR count). The summed E-state index contributed by atoms with van der Waals surface area (Å²) in [5.74, 6) is 2.03. The molecule has 0 bridgehead atoms. The Morgan fingerprint density at radius 3 is 1.70 bits per heavy atom. The molecule has 3 heterocycles. The van der Waals surface area contributed by atoms with E-state index < -0.39 is 5.41 Å². The molecule has 1 aliphatic heterocycles. The molecule has 0 unspecified atom stereocenters. The van der Waals surface area contributed by atoms with Crippen LogP contribution in [0.25, 0.3) is 38.8 Å². The van der Waals surface area contributed by atoms with Gasteiger partial charge in [-0.2, -0.15) is 6.07 Å². The van der Waals surface area contributed by atoms with Gasteiger partial charge in [-0.3, -0.25) is 0 Å². The van der Waals surface area contributed by atoms with E-state index in [0.29, 0.717) is 11.5 Å². The number of aromatic nitrogens is 2. The van der Waals surface area contributed by atoms with Crippen molar-refractivity contribution >= 4 is 33.2 Å². The molecule has 380 valence electrons. The van der Waals surface area contributed by atoms with Crippen LogP contribution < -0.4 is 14.5 Å². The monoisotopic (exact) mass is 1150 g/mol. The van der Waals surface area contributed by atoms with Gasteiger partial charge in [0.2, 0.25) is 0 Å². The number of hydrogen-bond acceptors (Lipinski definition) is 4. The molecular weight excluding hydrogens is 1080 g/mol. The first kappa shape index (κ1) is 52.2. The Morgan fingerprint density at radius 2 is 1.07 bits per heavy atom. The number of hydrogen-bond donors (Lipinski definition) is 0. The molecule has 2 aromatic heterocycles. The normalized spacial score (nSPS) is 13.6. The van der Waals surface area contributed by atoms with Crippen molar-refractivity contribution < 1.29 is 25.8 Å². The summed E-state index contributed by atoms with van der Waals surface area (Å²) in [6.45, 7) is 31.9. The molecule has 0 radical (unpaired) electrons. The average Bonchev–Trinajstić information content (AvgIpc) is 3.97. The van der Waals surface area contributed by atoms with Gasteiger partial charge in [-0.15, -0.1) is 53.6 Å². The molecule has 9 aromatic rings. The van der Waals surface area contributed by atoms with Crippen LogP contribution in [0.1, 0.15) is 123 Å². The molecule has 0 fully saturated rings. The van der Waals surface area contributed by atoms with Crippen molar-refractivity contribution in [3.63, 3.8) is 0 Å². The molecule has 0 saturated carbocycles. The summed E-state index contributed by atoms with van der Waals surface area (Å²) in [6, 6.07) is 66.6. The Morgan fingerprint density at radius 1 is 0.473 bits per heavy atom. The molecule has 6 heteroatoms. The summed E-state index contributed by atoms with van der Waals surface area (Å²) in [5.41, 5.74) is 13.8. The molecule has 7 aromatic carbocycles. The fourth-order valence-corrected chi connectivity index (χ4v) is 10.1. The first-order valence-corrected chi connectivity index (χ1v) is 25.8. The fraction of sp³-hybridized carbons (Fsp3) is 0.265. The Kier molecular flexibility index (Phi) is 13.8. The maximum Gasteiger partial charge on any atom is 0.135 e. The molecular formula is C68H69N4OPt-3. The second-order valence-electron chi connectivity index (χ2n) is 24.0. The van der Waals surface area contributed by atoms with Crippen molar-refractivity contribution in [1.82, 2.24) is 9.55 Å². The SMILES string of the molecule is CC(C)(C)c1cc(N2C=C(C(C)(C)c3ccccc3)N(c3[c-]c(Oc4[c-]c5c(cc4)c4cc(C(C)(C)C)ccc4n5-c4cc(C(C)(C)C)ccn4)cc(-c4ccccc4)c3)[CH-]2)cc(C(C)(C)c2ccccc2)c1.[Pt]. The van der Waals surface area contributed by atoms with Crippen molar-refractivity contribution in [2.75, 3.05) is 9.80 Å². The van der Waals surface area contributed by atoms with Gasteiger partial charge in [0, 0.05) is 66.5 Å². The van der Waals surface area contributed by atoms with Gasteiger partial charge in [0.05, 0.1) is 0 Å². The van der Waals surface area contributed by atoms with Gasteiger partial charge < -0.3 is 19.1 Å². The predicted octanol–water partition coefficient (Wildman–Crippen LogP) is 17.7. The minimum atomic E-state index is -0.421. The number of pyridine rings is 1. The van der Waals surface area contributed by atoms with Crippen molar-refractivity contribution in [3.05, 3.63) is 234 Å². The zero-order valence-electron chi connectivity index (χ0n) is 45.3. The van der Waals surface area contributed by atoms with Crippen LogP contribution in [0.5, 0.6) is 11.5 Å². The van der Waals surface area contributed by atoms with Crippen molar-refractivity contribution in [2.45, 2.75) is 117 Å². The van der Waals surface area contributed by atoms with Crippen LogP contribution in [0.4, 0.5) is 11.4 Å². The van der Waals surface area contributed by atoms with E-state index in [0.717, 1.165) is 55.8 Å². The Bertz CT molecular complexity index is 3510. The molecule has 74 heavy (non-hydrogen) atoms. The summed E-state index contributed by atoms with van der Waals surface area (Å²) in [7, 11) is 0. The Labute approximate surface area is 455 Å². The number of benzene rings is 7. The number of fused-ring (bicyclic) bond motifs is 3. The number of nitrogens with zero attached hydrogens (tertiary/aromatic N) is 4. The van der Waals surface area contributed by atoms with E-state index in [1.165, 1.54) is 33.4 Å². The van der Waals surface area contributed by atoms with Crippen molar-refractivity contribution in [2.24, 2.45) is 0 Å². The number of anilines is 2. The zero-order chi connectivity index (χ0) is 51.7. The van der Waals surface area contributed by atoms with Crippen molar-refractivity contribution in [3.8, 4) is 28.4 Å². The minimum Gasteiger partial charge on any atom is -0.509 e. The molecule has 1 aliphatic rings. The topological polar surface area (TPSA) is 33.5 Å². The third-order valence-corrected chi connectivity index (χ3v) is 15.0. The summed E-state index contributed by atoms with van der Waals surface area (Å²) < 4.78 is 9.28.